The number of primary amides is 1. The van der Waals surface area contributed by atoms with Crippen molar-refractivity contribution < 1.29 is 19.1 Å². The number of nitrogens with one attached hydrogen (secondary N) is 2. The first-order chi connectivity index (χ1) is 11.5. The Hall–Kier alpha value is -2.87. The minimum absolute atomic E-state index is 0.208. The molecule has 0 spiro atoms. The highest BCUT2D eigenvalue weighted by molar-refractivity contribution is 7.09. The minimum atomic E-state index is -0.940. The zero-order valence-corrected chi connectivity index (χ0v) is 13.8. The molecular formula is C16H17N3O4S. The summed E-state index contributed by atoms with van der Waals surface area (Å²) in [5, 5.41) is 6.98. The second-order valence-electron chi connectivity index (χ2n) is 4.91. The maximum absolute atomic E-state index is 12.1. The Balaban J connectivity index is 1.90. The maximum Gasteiger partial charge on any atom is 0.338 e. The van der Waals surface area contributed by atoms with Crippen molar-refractivity contribution in [3.05, 3.63) is 52.2 Å². The first kappa shape index (κ1) is 17.5. The Morgan fingerprint density at radius 3 is 2.71 bits per heavy atom. The minimum Gasteiger partial charge on any atom is -0.449 e. The fourth-order valence-corrected chi connectivity index (χ4v) is 2.52. The lowest BCUT2D eigenvalue weighted by Gasteiger charge is -2.13. The van der Waals surface area contributed by atoms with Crippen LogP contribution in [0.4, 0.5) is 10.5 Å². The summed E-state index contributed by atoms with van der Waals surface area (Å²) in [6.45, 7) is 1.88. The Morgan fingerprint density at radius 2 is 2.04 bits per heavy atom. The SMILES string of the molecule is C[C@@H](OC(=O)c1cccc(NC(N)=O)c1)C(=O)NCc1cccs1. The van der Waals surface area contributed by atoms with Gasteiger partial charge in [0.05, 0.1) is 12.1 Å². The predicted molar refractivity (Wildman–Crippen MR) is 90.7 cm³/mol. The first-order valence-electron chi connectivity index (χ1n) is 7.13. The molecule has 1 heterocycles. The van der Waals surface area contributed by atoms with Gasteiger partial charge in [0.2, 0.25) is 0 Å². The number of amides is 3. The van der Waals surface area contributed by atoms with Crippen molar-refractivity contribution in [1.29, 1.82) is 0 Å². The molecule has 8 heteroatoms. The molecule has 1 aromatic heterocycles. The smallest absolute Gasteiger partial charge is 0.338 e. The molecule has 2 aromatic rings. The molecule has 0 aliphatic heterocycles. The number of carbonyl (C=O) groups excluding carboxylic acids is 3. The number of ether oxygens (including phenoxy) is 1. The molecule has 0 aliphatic carbocycles. The Bertz CT molecular complexity index is 731. The van der Waals surface area contributed by atoms with Crippen molar-refractivity contribution in [1.82, 2.24) is 5.32 Å². The Morgan fingerprint density at radius 1 is 1.25 bits per heavy atom. The van der Waals surface area contributed by atoms with Crippen LogP contribution in [0.25, 0.3) is 0 Å². The van der Waals surface area contributed by atoms with E-state index >= 15 is 0 Å². The van der Waals surface area contributed by atoms with E-state index in [0.29, 0.717) is 12.2 Å². The van der Waals surface area contributed by atoms with E-state index in [1.807, 2.05) is 17.5 Å². The van der Waals surface area contributed by atoms with Crippen molar-refractivity contribution in [3.63, 3.8) is 0 Å². The van der Waals surface area contributed by atoms with Crippen molar-refractivity contribution in [2.45, 2.75) is 19.6 Å². The fourth-order valence-electron chi connectivity index (χ4n) is 1.88. The van der Waals surface area contributed by atoms with E-state index in [1.54, 1.807) is 12.1 Å². The molecule has 3 amide bonds. The van der Waals surface area contributed by atoms with Crippen LogP contribution in [0, 0.1) is 0 Å². The molecule has 2 rings (SSSR count). The predicted octanol–water partition coefficient (Wildman–Crippen LogP) is 2.10. The van der Waals surface area contributed by atoms with Crippen molar-refractivity contribution >= 4 is 34.9 Å². The zero-order valence-electron chi connectivity index (χ0n) is 12.9. The molecule has 0 unspecified atom stereocenters. The van der Waals surface area contributed by atoms with Crippen LogP contribution in [0.1, 0.15) is 22.2 Å². The van der Waals surface area contributed by atoms with Crippen LogP contribution in [-0.2, 0) is 16.1 Å². The van der Waals surface area contributed by atoms with Gasteiger partial charge in [0.15, 0.2) is 6.10 Å². The van der Waals surface area contributed by atoms with Gasteiger partial charge in [-0.15, -0.1) is 11.3 Å². The monoisotopic (exact) mass is 347 g/mol. The summed E-state index contributed by atoms with van der Waals surface area (Å²) in [6.07, 6.45) is -0.940. The number of carbonyl (C=O) groups is 3. The van der Waals surface area contributed by atoms with Crippen molar-refractivity contribution in [3.8, 4) is 0 Å². The highest BCUT2D eigenvalue weighted by Crippen LogP contribution is 2.13. The van der Waals surface area contributed by atoms with E-state index in [0.717, 1.165) is 4.88 Å². The van der Waals surface area contributed by atoms with Crippen LogP contribution in [0.5, 0.6) is 0 Å². The standard InChI is InChI=1S/C16H17N3O4S/c1-10(14(20)18-9-13-6-3-7-24-13)23-15(21)11-4-2-5-12(8-11)19-16(17)22/h2-8,10H,9H2,1H3,(H,18,20)(H3,17,19,22)/t10-/m1/s1. The summed E-state index contributed by atoms with van der Waals surface area (Å²) < 4.78 is 5.14. The van der Waals surface area contributed by atoms with E-state index in [4.69, 9.17) is 10.5 Å². The maximum atomic E-state index is 12.1. The highest BCUT2D eigenvalue weighted by Gasteiger charge is 2.19. The summed E-state index contributed by atoms with van der Waals surface area (Å²) in [5.74, 6) is -1.05. The Kier molecular flexibility index (Phi) is 5.91. The molecule has 4 N–H and O–H groups in total. The Labute approximate surface area is 142 Å². The summed E-state index contributed by atoms with van der Waals surface area (Å²) in [4.78, 5) is 35.9. The third-order valence-electron chi connectivity index (χ3n) is 3.04. The van der Waals surface area contributed by atoms with Crippen LogP contribution in [0.2, 0.25) is 0 Å². The van der Waals surface area contributed by atoms with Crippen LogP contribution < -0.4 is 16.4 Å². The molecule has 0 aliphatic rings. The zero-order chi connectivity index (χ0) is 17.5. The van der Waals surface area contributed by atoms with Gasteiger partial charge in [-0.3, -0.25) is 4.79 Å². The van der Waals surface area contributed by atoms with E-state index < -0.39 is 18.1 Å². The molecule has 0 bridgehead atoms. The van der Waals surface area contributed by atoms with Gasteiger partial charge in [0.25, 0.3) is 5.91 Å². The average molecular weight is 347 g/mol. The van der Waals surface area contributed by atoms with Gasteiger partial charge in [0, 0.05) is 10.6 Å². The van der Waals surface area contributed by atoms with E-state index in [-0.39, 0.29) is 11.5 Å². The number of hydrogen-bond acceptors (Lipinski definition) is 5. The molecule has 0 fully saturated rings. The third kappa shape index (κ3) is 5.10. The molecule has 24 heavy (non-hydrogen) atoms. The fraction of sp³-hybridized carbons (Fsp3) is 0.188. The van der Waals surface area contributed by atoms with Gasteiger partial charge in [0.1, 0.15) is 0 Å². The number of nitrogens with two attached hydrogens (primary N) is 1. The second kappa shape index (κ2) is 8.11. The van der Waals surface area contributed by atoms with E-state index in [1.165, 1.54) is 30.4 Å². The second-order valence-corrected chi connectivity index (χ2v) is 5.95. The number of thiophene rings is 1. The van der Waals surface area contributed by atoms with Crippen LogP contribution >= 0.6 is 11.3 Å². The number of esters is 1. The molecule has 0 radical (unpaired) electrons. The number of benzene rings is 1. The average Bonchev–Trinajstić information content (AvgIpc) is 3.05. The van der Waals surface area contributed by atoms with Gasteiger partial charge in [-0.1, -0.05) is 12.1 Å². The number of hydrogen-bond donors (Lipinski definition) is 3. The molecule has 0 saturated heterocycles. The first-order valence-corrected chi connectivity index (χ1v) is 8.01. The molecule has 126 valence electrons. The molecule has 1 atom stereocenters. The number of urea groups is 1. The van der Waals surface area contributed by atoms with Crippen molar-refractivity contribution in [2.75, 3.05) is 5.32 Å². The lowest BCUT2D eigenvalue weighted by atomic mass is 10.2. The van der Waals surface area contributed by atoms with E-state index in [9.17, 15) is 14.4 Å². The molecule has 1 aromatic carbocycles. The van der Waals surface area contributed by atoms with Gasteiger partial charge in [-0.05, 0) is 36.6 Å². The lowest BCUT2D eigenvalue weighted by molar-refractivity contribution is -0.129. The van der Waals surface area contributed by atoms with Gasteiger partial charge in [-0.2, -0.15) is 0 Å². The number of anilines is 1. The quantitative estimate of drug-likeness (QED) is 0.695. The van der Waals surface area contributed by atoms with E-state index in [2.05, 4.69) is 10.6 Å². The third-order valence-corrected chi connectivity index (χ3v) is 3.91. The van der Waals surface area contributed by atoms with Crippen LogP contribution in [-0.4, -0.2) is 24.0 Å². The topological polar surface area (TPSA) is 111 Å². The van der Waals surface area contributed by atoms with Crippen LogP contribution in [0.15, 0.2) is 41.8 Å². The van der Waals surface area contributed by atoms with Gasteiger partial charge in [-0.25, -0.2) is 9.59 Å². The largest absolute Gasteiger partial charge is 0.449 e. The lowest BCUT2D eigenvalue weighted by Crippen LogP contribution is -2.35. The van der Waals surface area contributed by atoms with Gasteiger partial charge < -0.3 is 21.1 Å². The summed E-state index contributed by atoms with van der Waals surface area (Å²) in [5.41, 5.74) is 5.60. The summed E-state index contributed by atoms with van der Waals surface area (Å²) >= 11 is 1.53. The summed E-state index contributed by atoms with van der Waals surface area (Å²) in [6, 6.07) is 9.15. The molecule has 7 nitrogen and oxygen atoms in total. The highest BCUT2D eigenvalue weighted by atomic mass is 32.1. The molecular weight excluding hydrogens is 330 g/mol. The van der Waals surface area contributed by atoms with Gasteiger partial charge >= 0.3 is 12.0 Å². The normalized spacial score (nSPS) is 11.4. The summed E-state index contributed by atoms with van der Waals surface area (Å²) in [7, 11) is 0. The van der Waals surface area contributed by atoms with Crippen molar-refractivity contribution in [2.24, 2.45) is 5.73 Å². The number of rotatable bonds is 6. The van der Waals surface area contributed by atoms with Crippen LogP contribution in [0.3, 0.4) is 0 Å². The molecule has 0 saturated carbocycles.